The van der Waals surface area contributed by atoms with E-state index < -0.39 is 5.41 Å². The molecular formula is C15H16O4. The van der Waals surface area contributed by atoms with Gasteiger partial charge in [0.15, 0.2) is 5.78 Å². The van der Waals surface area contributed by atoms with Crippen LogP contribution in [0, 0.1) is 5.41 Å². The molecule has 1 aromatic rings. The first-order valence-electron chi connectivity index (χ1n) is 6.53. The second-order valence-electron chi connectivity index (χ2n) is 5.27. The minimum absolute atomic E-state index is 0.176. The zero-order valence-corrected chi connectivity index (χ0v) is 10.9. The highest BCUT2D eigenvalue weighted by Crippen LogP contribution is 2.47. The van der Waals surface area contributed by atoms with Crippen LogP contribution >= 0.6 is 0 Å². The summed E-state index contributed by atoms with van der Waals surface area (Å²) >= 11 is 0. The van der Waals surface area contributed by atoms with Crippen LogP contribution in [-0.4, -0.2) is 25.5 Å². The minimum atomic E-state index is -0.458. The Bertz CT molecular complexity index is 543. The van der Waals surface area contributed by atoms with Crippen molar-refractivity contribution in [3.63, 3.8) is 0 Å². The Hall–Kier alpha value is -1.84. The maximum absolute atomic E-state index is 11.7. The molecule has 0 unspecified atom stereocenters. The summed E-state index contributed by atoms with van der Waals surface area (Å²) in [7, 11) is 1.40. The molecule has 4 nitrogen and oxygen atoms in total. The fourth-order valence-electron chi connectivity index (χ4n) is 2.58. The topological polar surface area (TPSA) is 52.6 Å². The van der Waals surface area contributed by atoms with Gasteiger partial charge in [-0.15, -0.1) is 0 Å². The molecule has 4 heteroatoms. The van der Waals surface area contributed by atoms with E-state index in [9.17, 15) is 9.59 Å². The van der Waals surface area contributed by atoms with Crippen molar-refractivity contribution in [2.24, 2.45) is 5.41 Å². The number of esters is 1. The Morgan fingerprint density at radius 1 is 1.32 bits per heavy atom. The molecule has 1 aromatic carbocycles. The van der Waals surface area contributed by atoms with Gasteiger partial charge >= 0.3 is 5.97 Å². The molecule has 3 rings (SSSR count). The molecule has 0 aliphatic heterocycles. The highest BCUT2D eigenvalue weighted by molar-refractivity contribution is 6.01. The largest absolute Gasteiger partial charge is 0.492 e. The van der Waals surface area contributed by atoms with E-state index in [1.807, 2.05) is 18.2 Å². The molecule has 0 heterocycles. The molecule has 1 fully saturated rings. The van der Waals surface area contributed by atoms with Gasteiger partial charge in [0.25, 0.3) is 0 Å². The van der Waals surface area contributed by atoms with E-state index in [0.29, 0.717) is 13.0 Å². The maximum Gasteiger partial charge on any atom is 0.315 e. The predicted octanol–water partition coefficient (Wildman–Crippen LogP) is 2.15. The lowest BCUT2D eigenvalue weighted by Gasteiger charge is -2.15. The van der Waals surface area contributed by atoms with Crippen LogP contribution in [0.3, 0.4) is 0 Å². The third-order valence-corrected chi connectivity index (χ3v) is 4.01. The average Bonchev–Trinajstić information content (AvgIpc) is 3.14. The quantitative estimate of drug-likeness (QED) is 0.778. The second-order valence-corrected chi connectivity index (χ2v) is 5.27. The monoisotopic (exact) mass is 260 g/mol. The number of ketones is 1. The summed E-state index contributed by atoms with van der Waals surface area (Å²) in [5.41, 5.74) is 1.29. The van der Waals surface area contributed by atoms with Crippen LogP contribution in [0.25, 0.3) is 0 Å². The van der Waals surface area contributed by atoms with Gasteiger partial charge in [0, 0.05) is 17.5 Å². The van der Waals surface area contributed by atoms with Crippen LogP contribution in [0.4, 0.5) is 0 Å². The molecule has 1 saturated carbocycles. The van der Waals surface area contributed by atoms with Crippen LogP contribution in [0.2, 0.25) is 0 Å². The van der Waals surface area contributed by atoms with E-state index in [1.54, 1.807) is 0 Å². The maximum atomic E-state index is 11.7. The summed E-state index contributed by atoms with van der Waals surface area (Å²) in [6.07, 6.45) is 2.91. The lowest BCUT2D eigenvalue weighted by atomic mass is 10.1. The van der Waals surface area contributed by atoms with Gasteiger partial charge in [-0.1, -0.05) is 12.1 Å². The van der Waals surface area contributed by atoms with Crippen molar-refractivity contribution in [2.45, 2.75) is 25.7 Å². The first-order chi connectivity index (χ1) is 9.16. The molecule has 0 atom stereocenters. The van der Waals surface area contributed by atoms with E-state index in [4.69, 9.17) is 9.47 Å². The molecule has 0 bridgehead atoms. The summed E-state index contributed by atoms with van der Waals surface area (Å²) in [6, 6.07) is 5.53. The molecule has 0 saturated heterocycles. The first-order valence-corrected chi connectivity index (χ1v) is 6.53. The third-order valence-electron chi connectivity index (χ3n) is 4.01. The smallest absolute Gasteiger partial charge is 0.315 e. The molecule has 100 valence electrons. The van der Waals surface area contributed by atoms with E-state index in [2.05, 4.69) is 0 Å². The lowest BCUT2D eigenvalue weighted by molar-refractivity contribution is -0.148. The van der Waals surface area contributed by atoms with Crippen LogP contribution in [-0.2, 0) is 16.0 Å². The van der Waals surface area contributed by atoms with Crippen molar-refractivity contribution in [1.29, 1.82) is 0 Å². The Kier molecular flexibility index (Phi) is 2.81. The first kappa shape index (κ1) is 12.2. The molecule has 2 aliphatic rings. The van der Waals surface area contributed by atoms with Crippen LogP contribution in [0.15, 0.2) is 18.2 Å². The van der Waals surface area contributed by atoms with Crippen molar-refractivity contribution >= 4 is 11.8 Å². The summed E-state index contributed by atoms with van der Waals surface area (Å²) in [4.78, 5) is 23.3. The lowest BCUT2D eigenvalue weighted by Crippen LogP contribution is -2.25. The summed E-state index contributed by atoms with van der Waals surface area (Å²) in [5.74, 6) is 0.712. The Morgan fingerprint density at radius 3 is 2.79 bits per heavy atom. The number of hydrogen-bond donors (Lipinski definition) is 0. The van der Waals surface area contributed by atoms with Gasteiger partial charge in [-0.25, -0.2) is 0 Å². The predicted molar refractivity (Wildman–Crippen MR) is 68.3 cm³/mol. The molecule has 19 heavy (non-hydrogen) atoms. The molecule has 0 amide bonds. The average molecular weight is 260 g/mol. The molecule has 2 aliphatic carbocycles. The zero-order chi connectivity index (χ0) is 13.5. The van der Waals surface area contributed by atoms with E-state index in [-0.39, 0.29) is 11.8 Å². The highest BCUT2D eigenvalue weighted by atomic mass is 16.5. The number of carbonyl (C=O) groups is 2. The van der Waals surface area contributed by atoms with Crippen LogP contribution < -0.4 is 4.74 Å². The van der Waals surface area contributed by atoms with Gasteiger partial charge in [-0.05, 0) is 25.3 Å². The molecule has 0 radical (unpaired) electrons. The van der Waals surface area contributed by atoms with Gasteiger partial charge in [0.2, 0.25) is 0 Å². The van der Waals surface area contributed by atoms with Crippen LogP contribution in [0.1, 0.15) is 35.2 Å². The standard InChI is InChI=1S/C15H16O4/c1-18-14(17)15(7-8-15)9-19-13-4-2-3-10-11(13)5-6-12(10)16/h2-4H,5-9H2,1H3. The second kappa shape index (κ2) is 4.37. The Labute approximate surface area is 111 Å². The SMILES string of the molecule is COC(=O)C1(COc2cccc3c2CCC3=O)CC1. The number of rotatable bonds is 4. The summed E-state index contributed by atoms with van der Waals surface area (Å²) < 4.78 is 10.6. The molecule has 0 N–H and O–H groups in total. The number of hydrogen-bond acceptors (Lipinski definition) is 4. The van der Waals surface area contributed by atoms with Crippen LogP contribution in [0.5, 0.6) is 5.75 Å². The molecule has 0 aromatic heterocycles. The fraction of sp³-hybridized carbons (Fsp3) is 0.467. The third kappa shape index (κ3) is 2.01. The van der Waals surface area contributed by atoms with Crippen molar-refractivity contribution in [3.05, 3.63) is 29.3 Å². The number of fused-ring (bicyclic) bond motifs is 1. The van der Waals surface area contributed by atoms with Crippen molar-refractivity contribution in [1.82, 2.24) is 0 Å². The van der Waals surface area contributed by atoms with Crippen molar-refractivity contribution < 1.29 is 19.1 Å². The molecular weight excluding hydrogens is 244 g/mol. The number of carbonyl (C=O) groups excluding carboxylic acids is 2. The Morgan fingerprint density at radius 2 is 2.11 bits per heavy atom. The van der Waals surface area contributed by atoms with Gasteiger partial charge < -0.3 is 9.47 Å². The number of methoxy groups -OCH3 is 1. The zero-order valence-electron chi connectivity index (χ0n) is 10.9. The van der Waals surface area contributed by atoms with E-state index in [0.717, 1.165) is 36.1 Å². The summed E-state index contributed by atoms with van der Waals surface area (Å²) in [5, 5.41) is 0. The molecule has 0 spiro atoms. The highest BCUT2D eigenvalue weighted by Gasteiger charge is 2.52. The Balaban J connectivity index is 1.75. The fourth-order valence-corrected chi connectivity index (χ4v) is 2.58. The van der Waals surface area contributed by atoms with Gasteiger partial charge in [-0.3, -0.25) is 9.59 Å². The number of Topliss-reactive ketones (excluding diaryl/α,β-unsaturated/α-hetero) is 1. The normalized spacial score (nSPS) is 18.9. The van der Waals surface area contributed by atoms with Gasteiger partial charge in [0.05, 0.1) is 7.11 Å². The van der Waals surface area contributed by atoms with E-state index >= 15 is 0 Å². The van der Waals surface area contributed by atoms with E-state index in [1.165, 1.54) is 7.11 Å². The van der Waals surface area contributed by atoms with Gasteiger partial charge in [0.1, 0.15) is 17.8 Å². The van der Waals surface area contributed by atoms with Crippen molar-refractivity contribution in [2.75, 3.05) is 13.7 Å². The summed E-state index contributed by atoms with van der Waals surface area (Å²) in [6.45, 7) is 0.338. The minimum Gasteiger partial charge on any atom is -0.492 e. The van der Waals surface area contributed by atoms with Crippen molar-refractivity contribution in [3.8, 4) is 5.75 Å². The van der Waals surface area contributed by atoms with Gasteiger partial charge in [-0.2, -0.15) is 0 Å². The number of benzene rings is 1. The number of ether oxygens (including phenoxy) is 2.